The zero-order chi connectivity index (χ0) is 17.5. The van der Waals surface area contributed by atoms with Crippen LogP contribution in [-0.2, 0) is 16.2 Å². The summed E-state index contributed by atoms with van der Waals surface area (Å²) in [6.45, 7) is 2.36. The molecule has 0 aromatic heterocycles. The molecular weight excluding hydrogens is 314 g/mol. The molecule has 0 radical (unpaired) electrons. The second-order valence-electron chi connectivity index (χ2n) is 6.05. The van der Waals surface area contributed by atoms with Crippen LogP contribution in [-0.4, -0.2) is 11.2 Å². The molecular formula is C21H23NO3. The Morgan fingerprint density at radius 2 is 1.76 bits per heavy atom. The first-order chi connectivity index (χ1) is 12.3. The van der Waals surface area contributed by atoms with Crippen molar-refractivity contribution < 1.29 is 14.4 Å². The van der Waals surface area contributed by atoms with Crippen LogP contribution in [0.25, 0.3) is 0 Å². The quantitative estimate of drug-likeness (QED) is 0.710. The zero-order valence-corrected chi connectivity index (χ0v) is 14.4. The van der Waals surface area contributed by atoms with Crippen LogP contribution in [0, 0.1) is 0 Å². The summed E-state index contributed by atoms with van der Waals surface area (Å²) in [5.41, 5.74) is 1.95. The van der Waals surface area contributed by atoms with Gasteiger partial charge in [-0.1, -0.05) is 74.0 Å². The molecule has 4 nitrogen and oxygen atoms in total. The Kier molecular flexibility index (Phi) is 5.73. The highest BCUT2D eigenvalue weighted by Crippen LogP contribution is 2.33. The van der Waals surface area contributed by atoms with E-state index in [0.29, 0.717) is 0 Å². The minimum Gasteiger partial charge on any atom is -0.442 e. The highest BCUT2D eigenvalue weighted by Gasteiger charge is 2.33. The molecule has 1 atom stereocenters. The number of hydroxylamine groups is 2. The van der Waals surface area contributed by atoms with Crippen LogP contribution < -0.4 is 0 Å². The summed E-state index contributed by atoms with van der Waals surface area (Å²) in [5, 5.41) is 1.34. The Bertz CT molecular complexity index is 712. The molecule has 0 spiro atoms. The summed E-state index contributed by atoms with van der Waals surface area (Å²) in [6.07, 6.45) is 4.47. The lowest BCUT2D eigenvalue weighted by molar-refractivity contribution is -0.102. The van der Waals surface area contributed by atoms with Crippen LogP contribution in [0.5, 0.6) is 0 Å². The van der Waals surface area contributed by atoms with Gasteiger partial charge >= 0.3 is 6.09 Å². The van der Waals surface area contributed by atoms with Gasteiger partial charge < -0.3 is 9.57 Å². The average molecular weight is 337 g/mol. The molecule has 2 aromatic carbocycles. The van der Waals surface area contributed by atoms with Crippen molar-refractivity contribution in [3.8, 4) is 0 Å². The van der Waals surface area contributed by atoms with Crippen molar-refractivity contribution in [3.63, 3.8) is 0 Å². The second-order valence-corrected chi connectivity index (χ2v) is 6.05. The van der Waals surface area contributed by atoms with Gasteiger partial charge in [0.05, 0.1) is 0 Å². The molecule has 0 fully saturated rings. The molecule has 0 bridgehead atoms. The van der Waals surface area contributed by atoms with E-state index < -0.39 is 6.09 Å². The van der Waals surface area contributed by atoms with E-state index in [2.05, 4.69) is 6.92 Å². The fourth-order valence-corrected chi connectivity index (χ4v) is 2.75. The lowest BCUT2D eigenvalue weighted by Gasteiger charge is -2.22. The largest absolute Gasteiger partial charge is 0.444 e. The van der Waals surface area contributed by atoms with Crippen molar-refractivity contribution in [2.45, 2.75) is 38.8 Å². The number of ether oxygens (including phenoxy) is 1. The third kappa shape index (κ3) is 4.41. The minimum atomic E-state index is -0.472. The molecule has 0 saturated heterocycles. The van der Waals surface area contributed by atoms with Gasteiger partial charge in [-0.3, -0.25) is 0 Å². The second kappa shape index (κ2) is 8.38. The van der Waals surface area contributed by atoms with E-state index in [1.807, 2.05) is 66.7 Å². The summed E-state index contributed by atoms with van der Waals surface area (Å²) >= 11 is 0. The van der Waals surface area contributed by atoms with Crippen LogP contribution in [0.2, 0.25) is 0 Å². The molecule has 4 heteroatoms. The van der Waals surface area contributed by atoms with Gasteiger partial charge in [-0.05, 0) is 23.6 Å². The maximum Gasteiger partial charge on any atom is 0.444 e. The van der Waals surface area contributed by atoms with Gasteiger partial charge in [0.1, 0.15) is 18.4 Å². The molecule has 1 heterocycles. The molecule has 25 heavy (non-hydrogen) atoms. The van der Waals surface area contributed by atoms with Crippen LogP contribution in [0.15, 0.2) is 72.5 Å². The summed E-state index contributed by atoms with van der Waals surface area (Å²) in [6, 6.07) is 19.2. The number of unbranched alkanes of at least 4 members (excludes halogenated alkanes) is 1. The Labute approximate surface area is 148 Å². The topological polar surface area (TPSA) is 38.8 Å². The van der Waals surface area contributed by atoms with Crippen molar-refractivity contribution in [2.75, 3.05) is 0 Å². The lowest BCUT2D eigenvalue weighted by Crippen LogP contribution is -2.30. The number of nitrogens with zero attached hydrogens (tertiary/aromatic N) is 1. The third-order valence-corrected chi connectivity index (χ3v) is 4.11. The van der Waals surface area contributed by atoms with Gasteiger partial charge in [0, 0.05) is 6.42 Å². The van der Waals surface area contributed by atoms with E-state index in [4.69, 9.17) is 9.57 Å². The van der Waals surface area contributed by atoms with Gasteiger partial charge in [0.15, 0.2) is 0 Å². The van der Waals surface area contributed by atoms with E-state index in [0.717, 1.165) is 36.1 Å². The van der Waals surface area contributed by atoms with Crippen molar-refractivity contribution in [1.82, 2.24) is 5.06 Å². The summed E-state index contributed by atoms with van der Waals surface area (Å²) in [7, 11) is 0. The number of amides is 1. The maximum absolute atomic E-state index is 12.6. The molecule has 0 saturated carbocycles. The van der Waals surface area contributed by atoms with E-state index in [1.165, 1.54) is 5.06 Å². The first-order valence-corrected chi connectivity index (χ1v) is 8.71. The van der Waals surface area contributed by atoms with E-state index >= 15 is 0 Å². The maximum atomic E-state index is 12.6. The predicted molar refractivity (Wildman–Crippen MR) is 96.3 cm³/mol. The Hall–Kier alpha value is -2.75. The van der Waals surface area contributed by atoms with Crippen LogP contribution in [0.4, 0.5) is 4.79 Å². The zero-order valence-electron chi connectivity index (χ0n) is 14.4. The van der Waals surface area contributed by atoms with Gasteiger partial charge in [-0.25, -0.2) is 4.79 Å². The molecule has 3 rings (SSSR count). The summed E-state index contributed by atoms with van der Waals surface area (Å²) in [5.74, 6) is 0.826. The van der Waals surface area contributed by atoms with E-state index in [-0.39, 0.29) is 12.6 Å². The van der Waals surface area contributed by atoms with Crippen LogP contribution in [0.3, 0.4) is 0 Å². The van der Waals surface area contributed by atoms with Gasteiger partial charge in [-0.2, -0.15) is 0 Å². The van der Waals surface area contributed by atoms with Crippen molar-refractivity contribution in [1.29, 1.82) is 0 Å². The monoisotopic (exact) mass is 337 g/mol. The fraction of sp³-hybridized carbons (Fsp3) is 0.286. The van der Waals surface area contributed by atoms with Gasteiger partial charge in [-0.15, -0.1) is 5.06 Å². The van der Waals surface area contributed by atoms with E-state index in [9.17, 15) is 4.79 Å². The first kappa shape index (κ1) is 17.1. The van der Waals surface area contributed by atoms with Gasteiger partial charge in [0.2, 0.25) is 0 Å². The molecule has 0 N–H and O–H groups in total. The molecule has 130 valence electrons. The minimum absolute atomic E-state index is 0.228. The van der Waals surface area contributed by atoms with Gasteiger partial charge in [0.25, 0.3) is 0 Å². The smallest absolute Gasteiger partial charge is 0.442 e. The summed E-state index contributed by atoms with van der Waals surface area (Å²) < 4.78 is 5.45. The standard InChI is InChI=1S/C21H23NO3/c1-2-3-14-19-15-20(18-12-8-5-9-13-18)22(25-19)21(23)24-16-17-10-6-4-7-11-17/h4-13,15,20H,2-3,14,16H2,1H3. The molecule has 1 aliphatic rings. The van der Waals surface area contributed by atoms with Crippen molar-refractivity contribution in [2.24, 2.45) is 0 Å². The average Bonchev–Trinajstić information content (AvgIpc) is 3.10. The SMILES string of the molecule is CCCCC1=CC(c2ccccc2)N(C(=O)OCc2ccccc2)O1. The molecule has 1 aliphatic heterocycles. The number of rotatable bonds is 6. The Morgan fingerprint density at radius 1 is 1.08 bits per heavy atom. The summed E-state index contributed by atoms with van der Waals surface area (Å²) in [4.78, 5) is 18.4. The van der Waals surface area contributed by atoms with E-state index in [1.54, 1.807) is 0 Å². The predicted octanol–water partition coefficient (Wildman–Crippen LogP) is 5.39. The number of carbonyl (C=O) groups is 1. The number of hydrogen-bond acceptors (Lipinski definition) is 3. The van der Waals surface area contributed by atoms with Crippen molar-refractivity contribution in [3.05, 3.63) is 83.6 Å². The van der Waals surface area contributed by atoms with Crippen LogP contribution in [0.1, 0.15) is 43.4 Å². The Balaban J connectivity index is 1.70. The lowest BCUT2D eigenvalue weighted by atomic mass is 10.1. The Morgan fingerprint density at radius 3 is 2.44 bits per heavy atom. The third-order valence-electron chi connectivity index (χ3n) is 4.11. The molecule has 1 amide bonds. The molecule has 0 aliphatic carbocycles. The molecule has 1 unspecified atom stereocenters. The normalized spacial score (nSPS) is 16.3. The highest BCUT2D eigenvalue weighted by atomic mass is 16.7. The number of benzene rings is 2. The molecule has 2 aromatic rings. The van der Waals surface area contributed by atoms with Crippen molar-refractivity contribution >= 4 is 6.09 Å². The first-order valence-electron chi connectivity index (χ1n) is 8.71. The number of carbonyl (C=O) groups excluding carboxylic acids is 1. The highest BCUT2D eigenvalue weighted by molar-refractivity contribution is 5.68. The fourth-order valence-electron chi connectivity index (χ4n) is 2.75. The van der Waals surface area contributed by atoms with Crippen LogP contribution >= 0.6 is 0 Å². The number of allylic oxidation sites excluding steroid dienone is 1. The number of hydrogen-bond donors (Lipinski definition) is 0.